The quantitative estimate of drug-likeness (QED) is 0.603. The number of nitrogens with zero attached hydrogens (tertiary/aromatic N) is 1. The molecule has 1 fully saturated rings. The molecule has 0 radical (unpaired) electrons. The van der Waals surface area contributed by atoms with Gasteiger partial charge in [-0.1, -0.05) is 55.0 Å². The Bertz CT molecular complexity index is 1010. The van der Waals surface area contributed by atoms with Gasteiger partial charge in [-0.2, -0.15) is 0 Å². The van der Waals surface area contributed by atoms with Gasteiger partial charge in [0.2, 0.25) is 5.91 Å². The lowest BCUT2D eigenvalue weighted by molar-refractivity contribution is -0.139. The maximum atomic E-state index is 12.8. The van der Waals surface area contributed by atoms with Gasteiger partial charge in [0.15, 0.2) is 0 Å². The predicted octanol–water partition coefficient (Wildman–Crippen LogP) is 4.41. The molecule has 0 heterocycles. The van der Waals surface area contributed by atoms with Gasteiger partial charge in [-0.3, -0.25) is 9.59 Å². The van der Waals surface area contributed by atoms with Gasteiger partial charge in [0, 0.05) is 37.9 Å². The molecule has 7 nitrogen and oxygen atoms in total. The Morgan fingerprint density at radius 2 is 1.68 bits per heavy atom. The molecule has 2 amide bonds. The normalized spacial score (nSPS) is 19.1. The van der Waals surface area contributed by atoms with Crippen molar-refractivity contribution in [2.24, 2.45) is 5.92 Å². The predicted molar refractivity (Wildman–Crippen MR) is 128 cm³/mol. The first kappa shape index (κ1) is 23.8. The molecule has 2 aromatic carbocycles. The van der Waals surface area contributed by atoms with Crippen LogP contribution < -0.4 is 5.32 Å². The summed E-state index contributed by atoms with van der Waals surface area (Å²) in [5.41, 5.74) is 4.72. The van der Waals surface area contributed by atoms with Gasteiger partial charge in [0.25, 0.3) is 0 Å². The van der Waals surface area contributed by atoms with Crippen LogP contribution in [0.2, 0.25) is 0 Å². The van der Waals surface area contributed by atoms with Crippen molar-refractivity contribution >= 4 is 18.0 Å². The Morgan fingerprint density at radius 3 is 2.32 bits per heavy atom. The van der Waals surface area contributed by atoms with Gasteiger partial charge in [-0.25, -0.2) is 4.79 Å². The zero-order valence-electron chi connectivity index (χ0n) is 19.5. The van der Waals surface area contributed by atoms with Crippen LogP contribution in [0.15, 0.2) is 48.5 Å². The minimum atomic E-state index is -0.856. The van der Waals surface area contributed by atoms with Crippen molar-refractivity contribution in [2.75, 3.05) is 20.2 Å². The Morgan fingerprint density at radius 1 is 1.03 bits per heavy atom. The maximum Gasteiger partial charge on any atom is 0.407 e. The number of fused-ring (bicyclic) bond motifs is 3. The fraction of sp³-hybridized carbons (Fsp3) is 0.444. The molecule has 2 aromatic rings. The smallest absolute Gasteiger partial charge is 0.407 e. The van der Waals surface area contributed by atoms with Crippen LogP contribution in [-0.4, -0.2) is 54.2 Å². The van der Waals surface area contributed by atoms with Gasteiger partial charge >= 0.3 is 12.1 Å². The third kappa shape index (κ3) is 5.41. The lowest BCUT2D eigenvalue weighted by Crippen LogP contribution is -2.43. The third-order valence-electron chi connectivity index (χ3n) is 6.95. The number of carbonyl (C=O) groups is 3. The zero-order valence-corrected chi connectivity index (χ0v) is 19.5. The fourth-order valence-corrected chi connectivity index (χ4v) is 5.24. The molecular formula is C27H32N2O5. The highest BCUT2D eigenvalue weighted by Gasteiger charge is 2.32. The first-order chi connectivity index (χ1) is 16.4. The molecular weight excluding hydrogens is 432 g/mol. The molecule has 0 aliphatic heterocycles. The standard InChI is InChI=1S/C27H32N2O5/c1-29(15-7-14-25(30)31)26(32)18-8-6-9-19(16-18)28-27(33)34-17-24-22-12-4-2-10-20(22)21-11-3-5-13-23(21)24/h2-5,10-13,18-19,24H,6-9,14-17H2,1H3,(H,28,33)(H,30,31)/t18-,19+/m1/s1. The van der Waals surface area contributed by atoms with E-state index < -0.39 is 12.1 Å². The van der Waals surface area contributed by atoms with Crippen molar-refractivity contribution in [3.8, 4) is 11.1 Å². The number of rotatable bonds is 8. The lowest BCUT2D eigenvalue weighted by atomic mass is 9.85. The second kappa shape index (κ2) is 10.7. The number of nitrogens with one attached hydrogen (secondary N) is 1. The van der Waals surface area contributed by atoms with Crippen molar-refractivity contribution in [1.29, 1.82) is 0 Å². The van der Waals surface area contributed by atoms with Crippen molar-refractivity contribution < 1.29 is 24.2 Å². The lowest BCUT2D eigenvalue weighted by Gasteiger charge is -2.31. The van der Waals surface area contributed by atoms with Gasteiger partial charge in [-0.05, 0) is 47.9 Å². The Kier molecular flexibility index (Phi) is 7.50. The number of carbonyl (C=O) groups excluding carboxylic acids is 2. The van der Waals surface area contributed by atoms with Gasteiger partial charge in [0.1, 0.15) is 6.61 Å². The third-order valence-corrected chi connectivity index (χ3v) is 6.95. The van der Waals surface area contributed by atoms with Gasteiger partial charge in [-0.15, -0.1) is 0 Å². The summed E-state index contributed by atoms with van der Waals surface area (Å²) >= 11 is 0. The van der Waals surface area contributed by atoms with E-state index >= 15 is 0 Å². The molecule has 2 N–H and O–H groups in total. The van der Waals surface area contributed by atoms with Crippen molar-refractivity contribution in [3.05, 3.63) is 59.7 Å². The molecule has 0 bridgehead atoms. The number of hydrogen-bond acceptors (Lipinski definition) is 4. The summed E-state index contributed by atoms with van der Waals surface area (Å²) in [6.07, 6.45) is 3.07. The molecule has 0 aromatic heterocycles. The largest absolute Gasteiger partial charge is 0.481 e. The van der Waals surface area contributed by atoms with Crippen molar-refractivity contribution in [2.45, 2.75) is 50.5 Å². The van der Waals surface area contributed by atoms with E-state index in [4.69, 9.17) is 9.84 Å². The van der Waals surface area contributed by atoms with Crippen LogP contribution in [0.1, 0.15) is 55.6 Å². The molecule has 7 heteroatoms. The highest BCUT2D eigenvalue weighted by atomic mass is 16.5. The number of carboxylic acid groups (broad SMARTS) is 1. The molecule has 0 spiro atoms. The van der Waals surface area contributed by atoms with Crippen LogP contribution in [0.4, 0.5) is 4.79 Å². The van der Waals surface area contributed by atoms with E-state index in [9.17, 15) is 14.4 Å². The number of amides is 2. The topological polar surface area (TPSA) is 95.9 Å². The van der Waals surface area contributed by atoms with Crippen LogP contribution >= 0.6 is 0 Å². The second-order valence-electron chi connectivity index (χ2n) is 9.29. The molecule has 34 heavy (non-hydrogen) atoms. The fourth-order valence-electron chi connectivity index (χ4n) is 5.24. The van der Waals surface area contributed by atoms with Crippen LogP contribution in [0.3, 0.4) is 0 Å². The summed E-state index contributed by atoms with van der Waals surface area (Å²) in [6.45, 7) is 0.688. The summed E-state index contributed by atoms with van der Waals surface area (Å²) < 4.78 is 5.66. The van der Waals surface area contributed by atoms with Gasteiger partial charge in [0.05, 0.1) is 0 Å². The van der Waals surface area contributed by atoms with E-state index in [2.05, 4.69) is 29.6 Å². The molecule has 2 aliphatic rings. The Labute approximate surface area is 200 Å². The first-order valence-electron chi connectivity index (χ1n) is 12.0. The minimum absolute atomic E-state index is 0.0123. The number of hydrogen-bond donors (Lipinski definition) is 2. The number of aliphatic carboxylic acids is 1. The molecule has 0 unspecified atom stereocenters. The molecule has 180 valence electrons. The van der Waals surface area contributed by atoms with Crippen LogP contribution in [0.5, 0.6) is 0 Å². The molecule has 0 saturated heterocycles. The molecule has 4 rings (SSSR count). The second-order valence-corrected chi connectivity index (χ2v) is 9.29. The maximum absolute atomic E-state index is 12.8. The number of benzene rings is 2. The van der Waals surface area contributed by atoms with Crippen molar-refractivity contribution in [3.63, 3.8) is 0 Å². The average molecular weight is 465 g/mol. The van der Waals surface area contributed by atoms with Crippen LogP contribution in [0, 0.1) is 5.92 Å². The molecule has 2 aliphatic carbocycles. The first-order valence-corrected chi connectivity index (χ1v) is 12.0. The van der Waals surface area contributed by atoms with Crippen LogP contribution in [0.25, 0.3) is 11.1 Å². The summed E-state index contributed by atoms with van der Waals surface area (Å²) in [6, 6.07) is 16.3. The van der Waals surface area contributed by atoms with E-state index in [0.717, 1.165) is 19.3 Å². The Balaban J connectivity index is 1.29. The van der Waals surface area contributed by atoms with E-state index in [1.165, 1.54) is 22.3 Å². The molecule has 2 atom stereocenters. The van der Waals surface area contributed by atoms with E-state index in [1.54, 1.807) is 11.9 Å². The summed E-state index contributed by atoms with van der Waals surface area (Å²) in [5.74, 6) is -0.990. The van der Waals surface area contributed by atoms with Crippen molar-refractivity contribution in [1.82, 2.24) is 10.2 Å². The highest BCUT2D eigenvalue weighted by Crippen LogP contribution is 2.44. The summed E-state index contributed by atoms with van der Waals surface area (Å²) in [7, 11) is 1.72. The highest BCUT2D eigenvalue weighted by molar-refractivity contribution is 5.80. The summed E-state index contributed by atoms with van der Waals surface area (Å²) in [5, 5.41) is 11.7. The minimum Gasteiger partial charge on any atom is -0.481 e. The SMILES string of the molecule is CN(CCCC(=O)O)C(=O)[C@@H]1CCC[C@H](NC(=O)OCC2c3ccccc3-c3ccccc32)C1. The van der Waals surface area contributed by atoms with Gasteiger partial charge < -0.3 is 20.1 Å². The number of alkyl carbamates (subject to hydrolysis) is 1. The average Bonchev–Trinajstić information content (AvgIpc) is 3.16. The van der Waals surface area contributed by atoms with E-state index in [0.29, 0.717) is 19.4 Å². The monoisotopic (exact) mass is 464 g/mol. The summed E-state index contributed by atoms with van der Waals surface area (Å²) in [4.78, 5) is 37.7. The number of ether oxygens (including phenoxy) is 1. The van der Waals surface area contributed by atoms with E-state index in [-0.39, 0.29) is 36.8 Å². The van der Waals surface area contributed by atoms with Crippen LogP contribution in [-0.2, 0) is 14.3 Å². The van der Waals surface area contributed by atoms with E-state index in [1.807, 2.05) is 24.3 Å². The zero-order chi connectivity index (χ0) is 24.1. The molecule has 1 saturated carbocycles. The Hall–Kier alpha value is -3.35. The number of carboxylic acids is 1.